The van der Waals surface area contributed by atoms with Gasteiger partial charge in [0, 0.05) is 24.8 Å². The van der Waals surface area contributed by atoms with Crippen molar-refractivity contribution in [3.63, 3.8) is 0 Å². The maximum atomic E-state index is 11.0. The normalized spacial score (nSPS) is 10.5. The Morgan fingerprint density at radius 3 is 2.89 bits per heavy atom. The number of hydrogen-bond acceptors (Lipinski definition) is 4. The van der Waals surface area contributed by atoms with Gasteiger partial charge in [0.15, 0.2) is 0 Å². The van der Waals surface area contributed by atoms with Crippen LogP contribution in [0.15, 0.2) is 30.5 Å². The number of primary amides is 1. The Morgan fingerprint density at radius 1 is 1.33 bits per heavy atom. The highest BCUT2D eigenvalue weighted by atomic mass is 16.5. The zero-order valence-corrected chi connectivity index (χ0v) is 10.1. The van der Waals surface area contributed by atoms with Gasteiger partial charge >= 0.3 is 0 Å². The van der Waals surface area contributed by atoms with E-state index in [0.717, 1.165) is 16.7 Å². The molecule has 2 aromatic rings. The van der Waals surface area contributed by atoms with Crippen LogP contribution < -0.4 is 10.5 Å². The van der Waals surface area contributed by atoms with Crippen molar-refractivity contribution in [1.82, 2.24) is 4.98 Å². The zero-order chi connectivity index (χ0) is 13.0. The summed E-state index contributed by atoms with van der Waals surface area (Å²) in [5, 5.41) is 0.852. The van der Waals surface area contributed by atoms with Crippen molar-refractivity contribution in [3.8, 4) is 5.75 Å². The van der Waals surface area contributed by atoms with Crippen molar-refractivity contribution in [2.45, 2.75) is 0 Å². The minimum absolute atomic E-state index is 0.399. The van der Waals surface area contributed by atoms with E-state index in [1.165, 1.54) is 6.20 Å². The largest absolute Gasteiger partial charge is 0.491 e. The third-order valence-electron chi connectivity index (χ3n) is 2.50. The molecular formula is C13H14N2O3. The minimum atomic E-state index is -0.482. The summed E-state index contributed by atoms with van der Waals surface area (Å²) in [4.78, 5) is 15.2. The number of carbonyl (C=O) groups excluding carboxylic acids is 1. The molecule has 1 aromatic heterocycles. The Labute approximate surface area is 105 Å². The summed E-state index contributed by atoms with van der Waals surface area (Å²) in [7, 11) is 1.62. The average molecular weight is 246 g/mol. The summed E-state index contributed by atoms with van der Waals surface area (Å²) in [6, 6.07) is 7.20. The number of carbonyl (C=O) groups is 1. The fourth-order valence-corrected chi connectivity index (χ4v) is 1.57. The van der Waals surface area contributed by atoms with E-state index in [4.69, 9.17) is 15.2 Å². The first kappa shape index (κ1) is 12.3. The van der Waals surface area contributed by atoms with Crippen molar-refractivity contribution in [1.29, 1.82) is 0 Å². The first-order valence-corrected chi connectivity index (χ1v) is 5.52. The van der Waals surface area contributed by atoms with E-state index in [2.05, 4.69) is 4.98 Å². The molecule has 0 saturated heterocycles. The first-order chi connectivity index (χ1) is 8.70. The van der Waals surface area contributed by atoms with Crippen molar-refractivity contribution in [2.24, 2.45) is 5.73 Å². The molecule has 1 heterocycles. The highest BCUT2D eigenvalue weighted by Crippen LogP contribution is 2.19. The lowest BCUT2D eigenvalue weighted by molar-refractivity contribution is 0.1000. The molecule has 5 nitrogen and oxygen atoms in total. The smallest absolute Gasteiger partial charge is 0.250 e. The van der Waals surface area contributed by atoms with Crippen LogP contribution >= 0.6 is 0 Å². The van der Waals surface area contributed by atoms with Crippen LogP contribution in [0.1, 0.15) is 10.4 Å². The molecule has 0 saturated carbocycles. The molecule has 0 aliphatic carbocycles. The maximum absolute atomic E-state index is 11.0. The molecule has 5 heteroatoms. The van der Waals surface area contributed by atoms with Gasteiger partial charge in [-0.2, -0.15) is 0 Å². The Hall–Kier alpha value is -2.14. The van der Waals surface area contributed by atoms with E-state index in [1.54, 1.807) is 13.2 Å². The molecule has 0 unspecified atom stereocenters. The van der Waals surface area contributed by atoms with E-state index in [-0.39, 0.29) is 0 Å². The molecule has 2 rings (SSSR count). The predicted molar refractivity (Wildman–Crippen MR) is 67.6 cm³/mol. The van der Waals surface area contributed by atoms with Crippen LogP contribution in [0.5, 0.6) is 5.75 Å². The standard InChI is InChI=1S/C13H14N2O3/c1-17-4-5-18-11-3-2-9-6-10(13(14)16)8-15-12(9)7-11/h2-3,6-8H,4-5H2,1H3,(H2,14,16). The van der Waals surface area contributed by atoms with Gasteiger partial charge in [-0.1, -0.05) is 0 Å². The molecule has 0 aliphatic heterocycles. The third-order valence-corrected chi connectivity index (χ3v) is 2.50. The van der Waals surface area contributed by atoms with Crippen LogP contribution in [-0.2, 0) is 4.74 Å². The van der Waals surface area contributed by atoms with E-state index in [0.29, 0.717) is 18.8 Å². The Kier molecular flexibility index (Phi) is 3.74. The van der Waals surface area contributed by atoms with Gasteiger partial charge in [-0.15, -0.1) is 0 Å². The van der Waals surface area contributed by atoms with Gasteiger partial charge in [0.2, 0.25) is 5.91 Å². The van der Waals surface area contributed by atoms with E-state index in [9.17, 15) is 4.79 Å². The number of fused-ring (bicyclic) bond motifs is 1. The number of benzene rings is 1. The Morgan fingerprint density at radius 2 is 2.17 bits per heavy atom. The van der Waals surface area contributed by atoms with Crippen LogP contribution in [0.3, 0.4) is 0 Å². The lowest BCUT2D eigenvalue weighted by Gasteiger charge is -2.06. The molecule has 2 N–H and O–H groups in total. The van der Waals surface area contributed by atoms with Gasteiger partial charge in [0.25, 0.3) is 0 Å². The van der Waals surface area contributed by atoms with Crippen molar-refractivity contribution in [3.05, 3.63) is 36.0 Å². The first-order valence-electron chi connectivity index (χ1n) is 5.52. The molecule has 0 spiro atoms. The van der Waals surface area contributed by atoms with Crippen LogP contribution in [0.4, 0.5) is 0 Å². The molecule has 0 atom stereocenters. The van der Waals surface area contributed by atoms with Gasteiger partial charge < -0.3 is 15.2 Å². The summed E-state index contributed by atoms with van der Waals surface area (Å²) in [5.41, 5.74) is 6.36. The van der Waals surface area contributed by atoms with E-state index >= 15 is 0 Å². The second kappa shape index (κ2) is 5.46. The molecule has 1 aromatic carbocycles. The molecule has 0 bridgehead atoms. The maximum Gasteiger partial charge on any atom is 0.250 e. The monoisotopic (exact) mass is 246 g/mol. The average Bonchev–Trinajstić information content (AvgIpc) is 2.38. The van der Waals surface area contributed by atoms with Crippen LogP contribution in [0.2, 0.25) is 0 Å². The fraction of sp³-hybridized carbons (Fsp3) is 0.231. The predicted octanol–water partition coefficient (Wildman–Crippen LogP) is 1.36. The van der Waals surface area contributed by atoms with Crippen molar-refractivity contribution < 1.29 is 14.3 Å². The van der Waals surface area contributed by atoms with Crippen molar-refractivity contribution in [2.75, 3.05) is 20.3 Å². The number of nitrogens with zero attached hydrogens (tertiary/aromatic N) is 1. The van der Waals surface area contributed by atoms with Crippen LogP contribution in [0.25, 0.3) is 10.9 Å². The summed E-state index contributed by atoms with van der Waals surface area (Å²) >= 11 is 0. The third kappa shape index (κ3) is 2.75. The van der Waals surface area contributed by atoms with Gasteiger partial charge in [-0.05, 0) is 18.2 Å². The van der Waals surface area contributed by atoms with Gasteiger partial charge in [-0.3, -0.25) is 9.78 Å². The second-order valence-electron chi connectivity index (χ2n) is 3.78. The molecular weight excluding hydrogens is 232 g/mol. The summed E-state index contributed by atoms with van der Waals surface area (Å²) in [6.07, 6.45) is 1.46. The molecule has 94 valence electrons. The molecule has 0 aliphatic rings. The number of amides is 1. The van der Waals surface area contributed by atoms with E-state index in [1.807, 2.05) is 18.2 Å². The highest BCUT2D eigenvalue weighted by molar-refractivity contribution is 5.96. The molecule has 0 radical (unpaired) electrons. The van der Waals surface area contributed by atoms with Gasteiger partial charge in [0.05, 0.1) is 17.7 Å². The quantitative estimate of drug-likeness (QED) is 0.808. The molecule has 18 heavy (non-hydrogen) atoms. The van der Waals surface area contributed by atoms with Crippen molar-refractivity contribution >= 4 is 16.8 Å². The fourth-order valence-electron chi connectivity index (χ4n) is 1.57. The zero-order valence-electron chi connectivity index (χ0n) is 10.1. The number of rotatable bonds is 5. The van der Waals surface area contributed by atoms with Gasteiger partial charge in [-0.25, -0.2) is 0 Å². The van der Waals surface area contributed by atoms with Crippen LogP contribution in [-0.4, -0.2) is 31.2 Å². The SMILES string of the molecule is COCCOc1ccc2cc(C(N)=O)cnc2c1. The highest BCUT2D eigenvalue weighted by Gasteiger charge is 2.04. The number of methoxy groups -OCH3 is 1. The Balaban J connectivity index is 2.24. The number of aromatic nitrogens is 1. The topological polar surface area (TPSA) is 74.4 Å². The number of hydrogen-bond donors (Lipinski definition) is 1. The summed E-state index contributed by atoms with van der Waals surface area (Å²) in [6.45, 7) is 1.02. The van der Waals surface area contributed by atoms with Gasteiger partial charge in [0.1, 0.15) is 12.4 Å². The number of pyridine rings is 1. The number of nitrogens with two attached hydrogens (primary N) is 1. The molecule has 0 fully saturated rings. The Bertz CT molecular complexity index is 569. The lowest BCUT2D eigenvalue weighted by atomic mass is 10.1. The number of ether oxygens (including phenoxy) is 2. The summed E-state index contributed by atoms with van der Waals surface area (Å²) < 4.78 is 10.4. The summed E-state index contributed by atoms with van der Waals surface area (Å²) in [5.74, 6) is 0.240. The van der Waals surface area contributed by atoms with E-state index < -0.39 is 5.91 Å². The minimum Gasteiger partial charge on any atom is -0.491 e. The lowest BCUT2D eigenvalue weighted by Crippen LogP contribution is -2.11. The second-order valence-corrected chi connectivity index (χ2v) is 3.78. The molecule has 1 amide bonds. The van der Waals surface area contributed by atoms with Crippen LogP contribution in [0, 0.1) is 0 Å².